The topological polar surface area (TPSA) is 0 Å². The first-order chi connectivity index (χ1) is 14.6. The van der Waals surface area contributed by atoms with Crippen molar-refractivity contribution >= 4 is 11.6 Å². The van der Waals surface area contributed by atoms with Crippen molar-refractivity contribution in [1.82, 2.24) is 0 Å². The first-order valence-corrected chi connectivity index (χ1v) is 11.2. The predicted molar refractivity (Wildman–Crippen MR) is 126 cm³/mol. The Bertz CT molecular complexity index is 992. The van der Waals surface area contributed by atoms with Gasteiger partial charge in [-0.1, -0.05) is 86.0 Å². The van der Waals surface area contributed by atoms with E-state index in [0.717, 1.165) is 18.4 Å². The van der Waals surface area contributed by atoms with E-state index in [-0.39, 0.29) is 0 Å². The fourth-order valence-electron chi connectivity index (χ4n) is 3.40. The van der Waals surface area contributed by atoms with E-state index in [9.17, 15) is 4.39 Å². The molecule has 0 aliphatic heterocycles. The Kier molecular flexibility index (Phi) is 8.54. The highest BCUT2D eigenvalue weighted by Gasteiger charge is 2.00. The van der Waals surface area contributed by atoms with Gasteiger partial charge in [0.25, 0.3) is 0 Å². The molecule has 154 valence electrons. The number of benzene rings is 3. The van der Waals surface area contributed by atoms with Crippen LogP contribution in [-0.2, 0) is 19.3 Å². The number of hydrogen-bond donors (Lipinski definition) is 0. The lowest BCUT2D eigenvalue weighted by atomic mass is 10.0. The fourth-order valence-corrected chi connectivity index (χ4v) is 3.56. The van der Waals surface area contributed by atoms with Crippen LogP contribution < -0.4 is 0 Å². The molecule has 0 aromatic heterocycles. The Morgan fingerprint density at radius 3 is 1.90 bits per heavy atom. The molecule has 0 N–H and O–H groups in total. The molecule has 0 radical (unpaired) electrons. The van der Waals surface area contributed by atoms with Gasteiger partial charge in [0.2, 0.25) is 0 Å². The Morgan fingerprint density at radius 1 is 0.700 bits per heavy atom. The largest absolute Gasteiger partial charge is 0.206 e. The van der Waals surface area contributed by atoms with Crippen LogP contribution in [0.5, 0.6) is 0 Å². The molecule has 0 saturated carbocycles. The summed E-state index contributed by atoms with van der Waals surface area (Å²) >= 11 is 5.78. The van der Waals surface area contributed by atoms with E-state index in [1.807, 2.05) is 12.1 Å². The van der Waals surface area contributed by atoms with Gasteiger partial charge in [-0.25, -0.2) is 4.39 Å². The molecule has 0 atom stereocenters. The minimum atomic E-state index is -0.390. The molecule has 30 heavy (non-hydrogen) atoms. The van der Waals surface area contributed by atoms with Gasteiger partial charge in [-0.3, -0.25) is 0 Å². The van der Waals surface area contributed by atoms with Gasteiger partial charge >= 0.3 is 0 Å². The third-order valence-corrected chi connectivity index (χ3v) is 5.51. The van der Waals surface area contributed by atoms with Crippen molar-refractivity contribution in [1.29, 1.82) is 0 Å². The van der Waals surface area contributed by atoms with Gasteiger partial charge in [0, 0.05) is 10.6 Å². The van der Waals surface area contributed by atoms with Crippen LogP contribution in [0.3, 0.4) is 0 Å². The first kappa shape index (κ1) is 22.1. The molecule has 0 bridgehead atoms. The summed E-state index contributed by atoms with van der Waals surface area (Å²) in [5.41, 5.74) is 5.32. The lowest BCUT2D eigenvalue weighted by molar-refractivity contribution is 0.624. The highest BCUT2D eigenvalue weighted by molar-refractivity contribution is 6.30. The van der Waals surface area contributed by atoms with Crippen molar-refractivity contribution in [2.24, 2.45) is 0 Å². The van der Waals surface area contributed by atoms with Gasteiger partial charge < -0.3 is 0 Å². The molecule has 0 spiro atoms. The number of unbranched alkanes of at least 4 members (excludes halogenated alkanes) is 3. The molecule has 3 rings (SSSR count). The van der Waals surface area contributed by atoms with E-state index in [4.69, 9.17) is 11.6 Å². The normalized spacial score (nSPS) is 10.5. The van der Waals surface area contributed by atoms with Crippen LogP contribution in [0.15, 0.2) is 66.7 Å². The molecule has 0 fully saturated rings. The second kappa shape index (κ2) is 11.6. The van der Waals surface area contributed by atoms with E-state index in [1.54, 1.807) is 12.1 Å². The zero-order valence-electron chi connectivity index (χ0n) is 17.6. The molecular formula is C28H28ClF. The van der Waals surface area contributed by atoms with Crippen LogP contribution in [0.25, 0.3) is 0 Å². The van der Waals surface area contributed by atoms with Crippen LogP contribution in [-0.4, -0.2) is 0 Å². The average molecular weight is 419 g/mol. The molecule has 3 aromatic carbocycles. The summed E-state index contributed by atoms with van der Waals surface area (Å²) in [5.74, 6) is 5.51. The smallest absolute Gasteiger partial charge is 0.140 e. The van der Waals surface area contributed by atoms with Crippen molar-refractivity contribution < 1.29 is 4.39 Å². The Morgan fingerprint density at radius 2 is 1.30 bits per heavy atom. The van der Waals surface area contributed by atoms with Crippen LogP contribution in [0.1, 0.15) is 60.4 Å². The fraction of sp³-hybridized carbons (Fsp3) is 0.286. The van der Waals surface area contributed by atoms with Crippen LogP contribution >= 0.6 is 11.6 Å². The second-order valence-electron chi connectivity index (χ2n) is 7.70. The van der Waals surface area contributed by atoms with Crippen molar-refractivity contribution in [3.8, 4) is 11.8 Å². The highest BCUT2D eigenvalue weighted by Crippen LogP contribution is 2.15. The molecule has 2 heteroatoms. The van der Waals surface area contributed by atoms with E-state index < -0.39 is 5.82 Å². The van der Waals surface area contributed by atoms with Gasteiger partial charge in [0.1, 0.15) is 5.82 Å². The lowest BCUT2D eigenvalue weighted by Crippen LogP contribution is -1.93. The third kappa shape index (κ3) is 7.05. The number of halogens is 2. The minimum Gasteiger partial charge on any atom is -0.206 e. The summed E-state index contributed by atoms with van der Waals surface area (Å²) in [6, 6.07) is 21.8. The second-order valence-corrected chi connectivity index (χ2v) is 8.13. The average Bonchev–Trinajstić information content (AvgIpc) is 2.76. The maximum atomic E-state index is 13.8. The zero-order chi connectivity index (χ0) is 21.2. The van der Waals surface area contributed by atoms with Crippen LogP contribution in [0, 0.1) is 17.7 Å². The molecule has 0 unspecified atom stereocenters. The highest BCUT2D eigenvalue weighted by atomic mass is 35.5. The van der Waals surface area contributed by atoms with E-state index in [0.29, 0.717) is 10.6 Å². The number of aryl methyl sites for hydroxylation is 3. The summed E-state index contributed by atoms with van der Waals surface area (Å²) < 4.78 is 13.8. The van der Waals surface area contributed by atoms with Gasteiger partial charge in [-0.15, -0.1) is 0 Å². The Hall–Kier alpha value is -2.56. The van der Waals surface area contributed by atoms with Gasteiger partial charge in [-0.2, -0.15) is 0 Å². The molecule has 3 aromatic rings. The molecule has 0 aliphatic rings. The maximum Gasteiger partial charge on any atom is 0.140 e. The molecule has 0 aliphatic carbocycles. The van der Waals surface area contributed by atoms with Gasteiger partial charge in [-0.05, 0) is 72.7 Å². The lowest BCUT2D eigenvalue weighted by Gasteiger charge is -2.05. The summed E-state index contributed by atoms with van der Waals surface area (Å²) in [6.45, 7) is 2.25. The van der Waals surface area contributed by atoms with Crippen molar-refractivity contribution in [3.05, 3.63) is 105 Å². The Labute approximate surface area is 185 Å². The minimum absolute atomic E-state index is 0.359. The molecule has 0 saturated heterocycles. The molecule has 0 amide bonds. The Balaban J connectivity index is 1.51. The molecule has 0 heterocycles. The molecular weight excluding hydrogens is 391 g/mol. The number of hydrogen-bond acceptors (Lipinski definition) is 0. The summed E-state index contributed by atoms with van der Waals surface area (Å²) in [7, 11) is 0. The summed E-state index contributed by atoms with van der Waals surface area (Å²) in [4.78, 5) is 0. The maximum absolute atomic E-state index is 13.8. The first-order valence-electron chi connectivity index (χ1n) is 10.8. The molecule has 0 nitrogen and oxygen atoms in total. The van der Waals surface area contributed by atoms with E-state index in [1.165, 1.54) is 54.9 Å². The van der Waals surface area contributed by atoms with Crippen molar-refractivity contribution in [2.75, 3.05) is 0 Å². The summed E-state index contributed by atoms with van der Waals surface area (Å²) in [6.07, 6.45) is 8.43. The zero-order valence-corrected chi connectivity index (χ0v) is 18.3. The standard InChI is InChI=1S/C28H28ClF/c1-2-3-4-5-6-22-7-9-23(10-8-22)11-12-24-13-15-25(16-14-24)17-18-26-19-20-27(29)21-28(26)30/h7-10,13-16,19-21H,2-6,11-12H2,1H3. The van der Waals surface area contributed by atoms with Gasteiger partial charge in [0.15, 0.2) is 0 Å². The summed E-state index contributed by atoms with van der Waals surface area (Å²) in [5, 5.41) is 0.379. The SMILES string of the molecule is CCCCCCc1ccc(CCc2ccc(C#Cc3ccc(Cl)cc3F)cc2)cc1. The van der Waals surface area contributed by atoms with Crippen molar-refractivity contribution in [2.45, 2.75) is 51.9 Å². The van der Waals surface area contributed by atoms with Gasteiger partial charge in [0.05, 0.1) is 5.56 Å². The third-order valence-electron chi connectivity index (χ3n) is 5.27. The monoisotopic (exact) mass is 418 g/mol. The van der Waals surface area contributed by atoms with Crippen LogP contribution in [0.2, 0.25) is 5.02 Å². The van der Waals surface area contributed by atoms with E-state index >= 15 is 0 Å². The quantitative estimate of drug-likeness (QED) is 0.258. The van der Waals surface area contributed by atoms with Crippen molar-refractivity contribution in [3.63, 3.8) is 0 Å². The van der Waals surface area contributed by atoms with Crippen LogP contribution in [0.4, 0.5) is 4.39 Å². The number of rotatable bonds is 8. The van der Waals surface area contributed by atoms with E-state index in [2.05, 4.69) is 55.2 Å². The predicted octanol–water partition coefficient (Wildman–Crippen LogP) is 7.79.